The molecule has 0 aliphatic rings. The molecule has 0 bridgehead atoms. The van der Waals surface area contributed by atoms with Gasteiger partial charge in [-0.3, -0.25) is 9.59 Å². The van der Waals surface area contributed by atoms with E-state index in [-0.39, 0.29) is 6.42 Å². The summed E-state index contributed by atoms with van der Waals surface area (Å²) in [5.41, 5.74) is -1.14. The Morgan fingerprint density at radius 2 is 1.68 bits per heavy atom. The number of carboxylic acids is 2. The first-order chi connectivity index (χ1) is 8.85. The number of hydrogen-bond donors (Lipinski definition) is 2. The molecule has 4 heteroatoms. The highest BCUT2D eigenvalue weighted by Gasteiger charge is 2.37. The van der Waals surface area contributed by atoms with Crippen molar-refractivity contribution in [2.75, 3.05) is 0 Å². The molecule has 112 valence electrons. The molecular formula is C15H28O4. The van der Waals surface area contributed by atoms with Gasteiger partial charge in [0.05, 0.1) is 11.8 Å². The minimum Gasteiger partial charge on any atom is -0.481 e. The summed E-state index contributed by atoms with van der Waals surface area (Å²) in [6, 6.07) is 0. The maximum atomic E-state index is 11.4. The van der Waals surface area contributed by atoms with Crippen LogP contribution in [0.2, 0.25) is 0 Å². The summed E-state index contributed by atoms with van der Waals surface area (Å²) in [6.45, 7) is 5.79. The van der Waals surface area contributed by atoms with Crippen LogP contribution in [0.15, 0.2) is 0 Å². The average Bonchev–Trinajstić information content (AvgIpc) is 2.28. The molecule has 19 heavy (non-hydrogen) atoms. The molecule has 2 N–H and O–H groups in total. The summed E-state index contributed by atoms with van der Waals surface area (Å²) in [7, 11) is 0. The van der Waals surface area contributed by atoms with Crippen LogP contribution in [0.1, 0.15) is 72.1 Å². The molecule has 0 aliphatic carbocycles. The first-order valence-corrected chi connectivity index (χ1v) is 7.31. The molecule has 4 nitrogen and oxygen atoms in total. The van der Waals surface area contributed by atoms with E-state index in [0.29, 0.717) is 12.3 Å². The fourth-order valence-corrected chi connectivity index (χ4v) is 2.65. The molecule has 0 radical (unpaired) electrons. The lowest BCUT2D eigenvalue weighted by molar-refractivity contribution is -0.155. The molecule has 0 saturated carbocycles. The fourth-order valence-electron chi connectivity index (χ4n) is 2.65. The van der Waals surface area contributed by atoms with Gasteiger partial charge in [0, 0.05) is 0 Å². The second-order valence-corrected chi connectivity index (χ2v) is 5.79. The molecule has 2 atom stereocenters. The van der Waals surface area contributed by atoms with Crippen LogP contribution in [0.5, 0.6) is 0 Å². The Morgan fingerprint density at radius 3 is 2.11 bits per heavy atom. The topological polar surface area (TPSA) is 74.6 Å². The number of carbonyl (C=O) groups is 2. The molecule has 0 rings (SSSR count). The molecule has 0 aromatic carbocycles. The van der Waals surface area contributed by atoms with Crippen molar-refractivity contribution in [3.05, 3.63) is 0 Å². The molecule has 0 amide bonds. The van der Waals surface area contributed by atoms with Gasteiger partial charge in [-0.2, -0.15) is 0 Å². The third kappa shape index (κ3) is 7.19. The van der Waals surface area contributed by atoms with Crippen molar-refractivity contribution in [2.24, 2.45) is 11.3 Å². The van der Waals surface area contributed by atoms with Crippen LogP contribution in [0.4, 0.5) is 0 Å². The van der Waals surface area contributed by atoms with Crippen LogP contribution in [-0.4, -0.2) is 22.2 Å². The number of hydrogen-bond acceptors (Lipinski definition) is 2. The highest BCUT2D eigenvalue weighted by atomic mass is 16.4. The van der Waals surface area contributed by atoms with Crippen molar-refractivity contribution < 1.29 is 19.8 Å². The van der Waals surface area contributed by atoms with Crippen molar-refractivity contribution in [3.63, 3.8) is 0 Å². The van der Waals surface area contributed by atoms with E-state index in [1.54, 1.807) is 6.92 Å². The largest absolute Gasteiger partial charge is 0.481 e. The van der Waals surface area contributed by atoms with Gasteiger partial charge in [-0.05, 0) is 19.3 Å². The summed E-state index contributed by atoms with van der Waals surface area (Å²) in [6.07, 6.45) is 6.56. The number of carboxylic acid groups (broad SMARTS) is 2. The van der Waals surface area contributed by atoms with E-state index < -0.39 is 17.4 Å². The Labute approximate surface area is 116 Å². The van der Waals surface area contributed by atoms with Crippen LogP contribution in [0.3, 0.4) is 0 Å². The van der Waals surface area contributed by atoms with E-state index in [4.69, 9.17) is 5.11 Å². The van der Waals surface area contributed by atoms with Crippen molar-refractivity contribution in [1.29, 1.82) is 0 Å². The number of aliphatic carboxylic acids is 2. The SMILES string of the molecule is CCCCCC(CCC)CC(C)(CC(=O)O)C(=O)O. The van der Waals surface area contributed by atoms with Crippen molar-refractivity contribution in [3.8, 4) is 0 Å². The molecule has 0 saturated heterocycles. The lowest BCUT2D eigenvalue weighted by atomic mass is 9.75. The van der Waals surface area contributed by atoms with Crippen LogP contribution in [0.25, 0.3) is 0 Å². The third-order valence-corrected chi connectivity index (χ3v) is 3.71. The van der Waals surface area contributed by atoms with Crippen LogP contribution < -0.4 is 0 Å². The Balaban J connectivity index is 4.63. The van der Waals surface area contributed by atoms with Crippen molar-refractivity contribution in [2.45, 2.75) is 72.1 Å². The maximum absolute atomic E-state index is 11.4. The van der Waals surface area contributed by atoms with Gasteiger partial charge in [0.15, 0.2) is 0 Å². The Morgan fingerprint density at radius 1 is 1.05 bits per heavy atom. The van der Waals surface area contributed by atoms with E-state index >= 15 is 0 Å². The Hall–Kier alpha value is -1.06. The van der Waals surface area contributed by atoms with Crippen LogP contribution in [0, 0.1) is 11.3 Å². The summed E-state index contributed by atoms with van der Waals surface area (Å²) in [5, 5.41) is 18.2. The van der Waals surface area contributed by atoms with Gasteiger partial charge in [-0.1, -0.05) is 52.4 Å². The molecule has 0 heterocycles. The minimum atomic E-state index is -1.14. The lowest BCUT2D eigenvalue weighted by Gasteiger charge is -2.28. The highest BCUT2D eigenvalue weighted by molar-refractivity contribution is 5.81. The van der Waals surface area contributed by atoms with Gasteiger partial charge in [0.25, 0.3) is 0 Å². The normalized spacial score (nSPS) is 15.7. The highest BCUT2D eigenvalue weighted by Crippen LogP contribution is 2.34. The zero-order chi connectivity index (χ0) is 14.9. The number of unbranched alkanes of at least 4 members (excludes halogenated alkanes) is 2. The van der Waals surface area contributed by atoms with Gasteiger partial charge in [0.2, 0.25) is 0 Å². The lowest BCUT2D eigenvalue weighted by Crippen LogP contribution is -2.32. The molecule has 0 aromatic rings. The van der Waals surface area contributed by atoms with E-state index in [9.17, 15) is 14.7 Å². The predicted molar refractivity (Wildman–Crippen MR) is 75.2 cm³/mol. The summed E-state index contributed by atoms with van der Waals surface area (Å²) in [4.78, 5) is 22.2. The predicted octanol–water partition coefficient (Wildman–Crippen LogP) is 3.94. The van der Waals surface area contributed by atoms with Crippen molar-refractivity contribution in [1.82, 2.24) is 0 Å². The summed E-state index contributed by atoms with van der Waals surface area (Å²) < 4.78 is 0. The number of rotatable bonds is 11. The Kier molecular flexibility index (Phi) is 8.44. The van der Waals surface area contributed by atoms with E-state index in [2.05, 4.69) is 13.8 Å². The quantitative estimate of drug-likeness (QED) is 0.559. The summed E-state index contributed by atoms with van der Waals surface area (Å²) >= 11 is 0. The first kappa shape index (κ1) is 17.9. The van der Waals surface area contributed by atoms with Gasteiger partial charge >= 0.3 is 11.9 Å². The monoisotopic (exact) mass is 272 g/mol. The molecule has 2 unspecified atom stereocenters. The smallest absolute Gasteiger partial charge is 0.309 e. The second-order valence-electron chi connectivity index (χ2n) is 5.79. The minimum absolute atomic E-state index is 0.295. The van der Waals surface area contributed by atoms with Crippen LogP contribution in [-0.2, 0) is 9.59 Å². The molecule has 0 aromatic heterocycles. The van der Waals surface area contributed by atoms with Gasteiger partial charge in [-0.25, -0.2) is 0 Å². The second kappa shape index (κ2) is 8.94. The zero-order valence-corrected chi connectivity index (χ0v) is 12.4. The Bertz CT molecular complexity index is 288. The van der Waals surface area contributed by atoms with E-state index in [1.165, 1.54) is 0 Å². The third-order valence-electron chi connectivity index (χ3n) is 3.71. The molecule has 0 aliphatic heterocycles. The van der Waals surface area contributed by atoms with Gasteiger partial charge in [0.1, 0.15) is 0 Å². The fraction of sp³-hybridized carbons (Fsp3) is 0.867. The van der Waals surface area contributed by atoms with Crippen molar-refractivity contribution >= 4 is 11.9 Å². The standard InChI is InChI=1S/C15H28O4/c1-4-6-7-9-12(8-5-2)10-15(3,14(18)19)11-13(16)17/h12H,4-11H2,1-3H3,(H,16,17)(H,18,19). The zero-order valence-electron chi connectivity index (χ0n) is 12.4. The van der Waals surface area contributed by atoms with Gasteiger partial charge in [-0.15, -0.1) is 0 Å². The maximum Gasteiger partial charge on any atom is 0.309 e. The molecular weight excluding hydrogens is 244 g/mol. The average molecular weight is 272 g/mol. The summed E-state index contributed by atoms with van der Waals surface area (Å²) in [5.74, 6) is -1.71. The molecule has 0 spiro atoms. The van der Waals surface area contributed by atoms with Gasteiger partial charge < -0.3 is 10.2 Å². The van der Waals surface area contributed by atoms with E-state index in [0.717, 1.165) is 38.5 Å². The van der Waals surface area contributed by atoms with Crippen LogP contribution >= 0.6 is 0 Å². The first-order valence-electron chi connectivity index (χ1n) is 7.31. The molecule has 0 fully saturated rings. The van der Waals surface area contributed by atoms with E-state index in [1.807, 2.05) is 0 Å².